The molecule has 0 unspecified atom stereocenters. The lowest BCUT2D eigenvalue weighted by Gasteiger charge is -2.57. The monoisotopic (exact) mass is 425 g/mol. The van der Waals surface area contributed by atoms with Crippen LogP contribution in [0.1, 0.15) is 54.4 Å². The highest BCUT2D eigenvalue weighted by molar-refractivity contribution is 7.92. The molecule has 0 spiro atoms. The molecule has 30 heavy (non-hydrogen) atoms. The van der Waals surface area contributed by atoms with Crippen molar-refractivity contribution in [2.45, 2.75) is 48.8 Å². The van der Waals surface area contributed by atoms with Crippen molar-refractivity contribution in [3.8, 4) is 0 Å². The first kappa shape index (κ1) is 19.6. The summed E-state index contributed by atoms with van der Waals surface area (Å²) in [5.74, 6) is 2.11. The van der Waals surface area contributed by atoms with Crippen LogP contribution in [0.2, 0.25) is 0 Å². The predicted octanol–water partition coefficient (Wildman–Crippen LogP) is 4.74. The second-order valence-electron chi connectivity index (χ2n) is 9.40. The van der Waals surface area contributed by atoms with Gasteiger partial charge in [0.25, 0.3) is 10.0 Å². The molecule has 1 N–H and O–H groups in total. The van der Waals surface area contributed by atoms with E-state index in [1.54, 1.807) is 36.4 Å². The molecule has 4 aliphatic carbocycles. The van der Waals surface area contributed by atoms with Gasteiger partial charge in [0, 0.05) is 5.69 Å². The first-order chi connectivity index (χ1) is 14.4. The number of hydrogen-bond donors (Lipinski definition) is 1. The van der Waals surface area contributed by atoms with Crippen LogP contribution >= 0.6 is 0 Å². The molecule has 0 radical (unpaired) electrons. The van der Waals surface area contributed by atoms with Crippen LogP contribution in [0.25, 0.3) is 0 Å². The molecular formula is C24H27NO4S. The Morgan fingerprint density at radius 1 is 0.900 bits per heavy atom. The van der Waals surface area contributed by atoms with Crippen molar-refractivity contribution in [1.29, 1.82) is 0 Å². The number of carbonyl (C=O) groups is 1. The molecule has 0 heterocycles. The highest BCUT2D eigenvalue weighted by Gasteiger charge is 2.51. The standard InChI is InChI=1S/C24H27NO4S/c1-29-23(26)19-2-6-21(7-3-19)25-30(27,28)22-8-4-20(5-9-22)24-13-16-10-17(14-24)12-18(11-16)15-24/h2-9,16-18,25H,10-15H2,1H3. The van der Waals surface area contributed by atoms with Gasteiger partial charge in [-0.1, -0.05) is 12.1 Å². The lowest BCUT2D eigenvalue weighted by atomic mass is 9.48. The van der Waals surface area contributed by atoms with Gasteiger partial charge in [0.2, 0.25) is 0 Å². The molecular weight excluding hydrogens is 398 g/mol. The van der Waals surface area contributed by atoms with Crippen LogP contribution in [0.5, 0.6) is 0 Å². The quantitative estimate of drug-likeness (QED) is 0.702. The van der Waals surface area contributed by atoms with Crippen molar-refractivity contribution in [3.63, 3.8) is 0 Å². The van der Waals surface area contributed by atoms with Crippen LogP contribution in [-0.4, -0.2) is 21.5 Å². The Labute approximate surface area is 177 Å². The molecule has 0 aliphatic heterocycles. The fourth-order valence-corrected chi connectivity index (χ4v) is 7.52. The second kappa shape index (κ2) is 7.12. The first-order valence-electron chi connectivity index (χ1n) is 10.7. The average molecular weight is 426 g/mol. The van der Waals surface area contributed by atoms with E-state index in [0.717, 1.165) is 17.8 Å². The van der Waals surface area contributed by atoms with Crippen LogP contribution in [0.4, 0.5) is 5.69 Å². The van der Waals surface area contributed by atoms with Gasteiger partial charge in [0.15, 0.2) is 0 Å². The molecule has 4 fully saturated rings. The minimum Gasteiger partial charge on any atom is -0.465 e. The number of esters is 1. The highest BCUT2D eigenvalue weighted by Crippen LogP contribution is 2.60. The molecule has 158 valence electrons. The summed E-state index contributed by atoms with van der Waals surface area (Å²) in [5, 5.41) is 0. The van der Waals surface area contributed by atoms with E-state index in [0.29, 0.717) is 11.3 Å². The van der Waals surface area contributed by atoms with E-state index in [1.807, 2.05) is 12.1 Å². The Kier molecular flexibility index (Phi) is 4.65. The fraction of sp³-hybridized carbons (Fsp3) is 0.458. The Morgan fingerprint density at radius 2 is 1.43 bits per heavy atom. The van der Waals surface area contributed by atoms with Gasteiger partial charge < -0.3 is 4.74 Å². The van der Waals surface area contributed by atoms with E-state index in [9.17, 15) is 13.2 Å². The molecule has 2 aromatic rings. The summed E-state index contributed by atoms with van der Waals surface area (Å²) < 4.78 is 32.9. The zero-order chi connectivity index (χ0) is 20.9. The SMILES string of the molecule is COC(=O)c1ccc(NS(=O)(=O)c2ccc(C34CC5CC(CC(C5)C3)C4)cc2)cc1. The molecule has 6 rings (SSSR count). The summed E-state index contributed by atoms with van der Waals surface area (Å²) in [6, 6.07) is 13.7. The number of benzene rings is 2. The van der Waals surface area contributed by atoms with Crippen molar-refractivity contribution in [2.24, 2.45) is 17.8 Å². The third kappa shape index (κ3) is 3.41. The van der Waals surface area contributed by atoms with E-state index in [-0.39, 0.29) is 10.3 Å². The first-order valence-corrected chi connectivity index (χ1v) is 12.2. The van der Waals surface area contributed by atoms with Crippen molar-refractivity contribution in [1.82, 2.24) is 0 Å². The minimum atomic E-state index is -3.69. The van der Waals surface area contributed by atoms with Crippen molar-refractivity contribution in [2.75, 3.05) is 11.8 Å². The van der Waals surface area contributed by atoms with E-state index < -0.39 is 16.0 Å². The highest BCUT2D eigenvalue weighted by atomic mass is 32.2. The molecule has 4 aliphatic rings. The zero-order valence-corrected chi connectivity index (χ0v) is 18.0. The maximum atomic E-state index is 12.8. The topological polar surface area (TPSA) is 72.5 Å². The molecule has 0 atom stereocenters. The van der Waals surface area contributed by atoms with Crippen LogP contribution in [-0.2, 0) is 20.2 Å². The molecule has 0 aromatic heterocycles. The summed E-state index contributed by atoms with van der Waals surface area (Å²) in [6.45, 7) is 0. The predicted molar refractivity (Wildman–Crippen MR) is 115 cm³/mol. The number of sulfonamides is 1. The van der Waals surface area contributed by atoms with Crippen LogP contribution in [0, 0.1) is 17.8 Å². The Bertz CT molecular complexity index is 1020. The number of ether oxygens (including phenoxy) is 1. The van der Waals surface area contributed by atoms with Crippen LogP contribution in [0.15, 0.2) is 53.4 Å². The lowest BCUT2D eigenvalue weighted by molar-refractivity contribution is -0.00521. The molecule has 5 nitrogen and oxygen atoms in total. The number of hydrogen-bond acceptors (Lipinski definition) is 4. The normalized spacial score (nSPS) is 29.6. The number of nitrogens with one attached hydrogen (secondary N) is 1. The van der Waals surface area contributed by atoms with Gasteiger partial charge in [-0.05, 0) is 104 Å². The summed E-state index contributed by atoms with van der Waals surface area (Å²) in [7, 11) is -2.38. The van der Waals surface area contributed by atoms with Crippen LogP contribution < -0.4 is 4.72 Å². The third-order valence-corrected chi connectivity index (χ3v) is 8.77. The van der Waals surface area contributed by atoms with Crippen molar-refractivity contribution in [3.05, 3.63) is 59.7 Å². The molecule has 4 bridgehead atoms. The number of carbonyl (C=O) groups excluding carboxylic acids is 1. The summed E-state index contributed by atoms with van der Waals surface area (Å²) in [6.07, 6.45) is 7.96. The van der Waals surface area contributed by atoms with E-state index in [1.165, 1.54) is 51.2 Å². The second-order valence-corrected chi connectivity index (χ2v) is 11.1. The van der Waals surface area contributed by atoms with Gasteiger partial charge in [-0.25, -0.2) is 13.2 Å². The lowest BCUT2D eigenvalue weighted by Crippen LogP contribution is -2.48. The minimum absolute atomic E-state index is 0.257. The van der Waals surface area contributed by atoms with Crippen molar-refractivity contribution >= 4 is 21.7 Å². The average Bonchev–Trinajstić information content (AvgIpc) is 2.73. The maximum Gasteiger partial charge on any atom is 0.337 e. The molecule has 4 saturated carbocycles. The Balaban J connectivity index is 1.34. The zero-order valence-electron chi connectivity index (χ0n) is 17.1. The van der Waals surface area contributed by atoms with Gasteiger partial charge in [0.1, 0.15) is 0 Å². The van der Waals surface area contributed by atoms with E-state index in [4.69, 9.17) is 0 Å². The van der Waals surface area contributed by atoms with Gasteiger partial charge in [-0.2, -0.15) is 0 Å². The third-order valence-electron chi connectivity index (χ3n) is 7.37. The van der Waals surface area contributed by atoms with Gasteiger partial charge in [-0.15, -0.1) is 0 Å². The summed E-state index contributed by atoms with van der Waals surface area (Å²) in [4.78, 5) is 11.8. The number of anilines is 1. The maximum absolute atomic E-state index is 12.8. The van der Waals surface area contributed by atoms with E-state index >= 15 is 0 Å². The molecule has 0 amide bonds. The van der Waals surface area contributed by atoms with E-state index in [2.05, 4.69) is 9.46 Å². The fourth-order valence-electron chi connectivity index (χ4n) is 6.46. The van der Waals surface area contributed by atoms with Crippen molar-refractivity contribution < 1.29 is 17.9 Å². The molecule has 0 saturated heterocycles. The molecule has 6 heteroatoms. The van der Waals surface area contributed by atoms with Crippen LogP contribution in [0.3, 0.4) is 0 Å². The number of rotatable bonds is 5. The number of methoxy groups -OCH3 is 1. The van der Waals surface area contributed by atoms with Gasteiger partial charge in [0.05, 0.1) is 17.6 Å². The van der Waals surface area contributed by atoms with Gasteiger partial charge >= 0.3 is 5.97 Å². The van der Waals surface area contributed by atoms with Gasteiger partial charge in [-0.3, -0.25) is 4.72 Å². The molecule has 2 aromatic carbocycles. The Hall–Kier alpha value is -2.34. The smallest absolute Gasteiger partial charge is 0.337 e. The Morgan fingerprint density at radius 3 is 1.93 bits per heavy atom. The summed E-state index contributed by atoms with van der Waals surface area (Å²) in [5.41, 5.74) is 2.35. The largest absolute Gasteiger partial charge is 0.465 e. The summed E-state index contributed by atoms with van der Waals surface area (Å²) >= 11 is 0.